The number of para-hydroxylation sites is 1. The van der Waals surface area contributed by atoms with Gasteiger partial charge in [0, 0.05) is 27.5 Å². The summed E-state index contributed by atoms with van der Waals surface area (Å²) >= 11 is 0. The van der Waals surface area contributed by atoms with Gasteiger partial charge < -0.3 is 4.42 Å². The first-order valence-electron chi connectivity index (χ1n) is 19.6. The number of hydrogen-bond acceptors (Lipinski definition) is 5. The van der Waals surface area contributed by atoms with E-state index in [1.54, 1.807) is 0 Å². The van der Waals surface area contributed by atoms with Crippen molar-refractivity contribution in [1.82, 2.24) is 15.0 Å². The highest BCUT2D eigenvalue weighted by Crippen LogP contribution is 2.60. The zero-order chi connectivity index (χ0) is 36.5. The third-order valence-corrected chi connectivity index (χ3v) is 12.8. The maximum atomic E-state index is 9.85. The molecule has 8 aromatic rings. The highest BCUT2D eigenvalue weighted by atomic mass is 16.3. The average Bonchev–Trinajstić information content (AvgIpc) is 3.63. The fourth-order valence-electron chi connectivity index (χ4n) is 10.6. The van der Waals surface area contributed by atoms with E-state index in [-0.39, 0.29) is 0 Å². The van der Waals surface area contributed by atoms with Gasteiger partial charge in [-0.1, -0.05) is 127 Å². The standard InChI is InChI=1S/C50H38N4O/c51-30-40-20-23-42(45-43-8-4-5-9-44(43)55-46(40)45)36-12-16-38(17-13-36)48-52-47(37-14-10-35(11-15-37)34-6-2-1-3-7-34)53-49(54-48)39-18-21-41(22-19-39)50-27-31-24-32(28-50)26-33(25-31)29-50/h1-23,31-33H,24-29H2/t31-,32-,33-,50?. The molecule has 2 aromatic heterocycles. The first-order chi connectivity index (χ1) is 27.1. The van der Waals surface area contributed by atoms with Gasteiger partial charge in [0.05, 0.1) is 5.56 Å². The number of furan rings is 1. The second-order valence-electron chi connectivity index (χ2n) is 16.2. The minimum atomic E-state index is 0.341. The number of rotatable bonds is 6. The van der Waals surface area contributed by atoms with Gasteiger partial charge in [0.2, 0.25) is 0 Å². The fourth-order valence-corrected chi connectivity index (χ4v) is 10.6. The first-order valence-corrected chi connectivity index (χ1v) is 19.6. The molecule has 0 N–H and O–H groups in total. The summed E-state index contributed by atoms with van der Waals surface area (Å²) in [6, 6.07) is 50.6. The minimum Gasteiger partial charge on any atom is -0.455 e. The topological polar surface area (TPSA) is 75.6 Å². The van der Waals surface area contributed by atoms with Crippen LogP contribution < -0.4 is 0 Å². The third kappa shape index (κ3) is 5.47. The molecule has 0 aliphatic heterocycles. The molecule has 4 fully saturated rings. The Bertz CT molecular complexity index is 2740. The van der Waals surface area contributed by atoms with Crippen LogP contribution in [0.4, 0.5) is 0 Å². The van der Waals surface area contributed by atoms with Crippen molar-refractivity contribution in [2.75, 3.05) is 0 Å². The largest absolute Gasteiger partial charge is 0.455 e. The molecule has 4 saturated carbocycles. The summed E-state index contributed by atoms with van der Waals surface area (Å²) in [4.78, 5) is 15.3. The summed E-state index contributed by atoms with van der Waals surface area (Å²) in [5.74, 6) is 4.66. The molecular weight excluding hydrogens is 673 g/mol. The van der Waals surface area contributed by atoms with E-state index in [1.165, 1.54) is 49.7 Å². The lowest BCUT2D eigenvalue weighted by Crippen LogP contribution is -2.48. The van der Waals surface area contributed by atoms with Gasteiger partial charge in [-0.2, -0.15) is 5.26 Å². The highest BCUT2D eigenvalue weighted by Gasteiger charge is 2.51. The number of nitrogens with zero attached hydrogens (tertiary/aromatic N) is 4. The van der Waals surface area contributed by atoms with Gasteiger partial charge in [-0.3, -0.25) is 0 Å². The molecule has 0 spiro atoms. The summed E-state index contributed by atoms with van der Waals surface area (Å²) in [5, 5.41) is 11.8. The lowest BCUT2D eigenvalue weighted by atomic mass is 9.48. The Morgan fingerprint density at radius 2 is 1.00 bits per heavy atom. The van der Waals surface area contributed by atoms with Crippen LogP contribution in [0.15, 0.2) is 144 Å². The number of nitriles is 1. The molecule has 5 nitrogen and oxygen atoms in total. The summed E-state index contributed by atoms with van der Waals surface area (Å²) in [6.07, 6.45) is 8.37. The molecule has 0 amide bonds. The second-order valence-corrected chi connectivity index (χ2v) is 16.2. The Labute approximate surface area is 320 Å². The normalized spacial score (nSPS) is 21.3. The van der Waals surface area contributed by atoms with Crippen molar-refractivity contribution in [3.05, 3.63) is 151 Å². The molecule has 264 valence electrons. The Kier molecular flexibility index (Phi) is 7.35. The summed E-state index contributed by atoms with van der Waals surface area (Å²) in [5.41, 5.74) is 11.0. The molecule has 5 heteroatoms. The molecule has 12 rings (SSSR count). The van der Waals surface area contributed by atoms with Crippen LogP contribution in [-0.2, 0) is 5.41 Å². The molecule has 0 atom stereocenters. The molecule has 55 heavy (non-hydrogen) atoms. The van der Waals surface area contributed by atoms with Crippen molar-refractivity contribution in [1.29, 1.82) is 5.26 Å². The van der Waals surface area contributed by atoms with Gasteiger partial charge in [0.15, 0.2) is 23.1 Å². The molecule has 0 radical (unpaired) electrons. The zero-order valence-corrected chi connectivity index (χ0v) is 30.5. The maximum Gasteiger partial charge on any atom is 0.164 e. The molecule has 2 heterocycles. The second kappa shape index (κ2) is 12.6. The molecule has 6 aromatic carbocycles. The Balaban J connectivity index is 0.985. The van der Waals surface area contributed by atoms with Gasteiger partial charge in [0.1, 0.15) is 11.7 Å². The van der Waals surface area contributed by atoms with Crippen LogP contribution in [-0.4, -0.2) is 15.0 Å². The quantitative estimate of drug-likeness (QED) is 0.172. The molecule has 4 aliphatic carbocycles. The predicted molar refractivity (Wildman–Crippen MR) is 219 cm³/mol. The van der Waals surface area contributed by atoms with Gasteiger partial charge in [-0.25, -0.2) is 15.0 Å². The minimum absolute atomic E-state index is 0.341. The van der Waals surface area contributed by atoms with E-state index in [0.717, 1.165) is 67.5 Å². The Morgan fingerprint density at radius 1 is 0.509 bits per heavy atom. The first kappa shape index (κ1) is 32.1. The third-order valence-electron chi connectivity index (χ3n) is 12.8. The van der Waals surface area contributed by atoms with E-state index in [0.29, 0.717) is 34.0 Å². The van der Waals surface area contributed by atoms with E-state index in [2.05, 4.69) is 109 Å². The van der Waals surface area contributed by atoms with Crippen molar-refractivity contribution < 1.29 is 4.42 Å². The predicted octanol–water partition coefficient (Wildman–Crippen LogP) is 12.4. The number of aromatic nitrogens is 3. The number of hydrogen-bond donors (Lipinski definition) is 0. The van der Waals surface area contributed by atoms with Crippen molar-refractivity contribution in [2.24, 2.45) is 17.8 Å². The number of benzene rings is 6. The maximum absolute atomic E-state index is 9.85. The molecule has 0 saturated heterocycles. The van der Waals surface area contributed by atoms with Crippen LogP contribution in [0.5, 0.6) is 0 Å². The van der Waals surface area contributed by atoms with Crippen LogP contribution in [0.3, 0.4) is 0 Å². The van der Waals surface area contributed by atoms with E-state index in [4.69, 9.17) is 19.4 Å². The number of fused-ring (bicyclic) bond motifs is 3. The van der Waals surface area contributed by atoms with Gasteiger partial charge in [-0.05, 0) is 102 Å². The van der Waals surface area contributed by atoms with Crippen molar-refractivity contribution >= 4 is 21.9 Å². The summed E-state index contributed by atoms with van der Waals surface area (Å²) < 4.78 is 6.19. The van der Waals surface area contributed by atoms with Crippen LogP contribution in [0.25, 0.3) is 78.4 Å². The summed E-state index contributed by atoms with van der Waals surface area (Å²) in [7, 11) is 0. The van der Waals surface area contributed by atoms with Crippen LogP contribution >= 0.6 is 0 Å². The molecule has 0 unspecified atom stereocenters. The van der Waals surface area contributed by atoms with Crippen LogP contribution in [0, 0.1) is 29.1 Å². The smallest absolute Gasteiger partial charge is 0.164 e. The molecule has 4 aliphatic rings. The van der Waals surface area contributed by atoms with E-state index in [1.807, 2.05) is 36.4 Å². The van der Waals surface area contributed by atoms with Gasteiger partial charge in [0.25, 0.3) is 0 Å². The van der Waals surface area contributed by atoms with Crippen LogP contribution in [0.2, 0.25) is 0 Å². The summed E-state index contributed by atoms with van der Waals surface area (Å²) in [6.45, 7) is 0. The lowest BCUT2D eigenvalue weighted by molar-refractivity contribution is -0.00518. The van der Waals surface area contributed by atoms with Crippen molar-refractivity contribution in [3.63, 3.8) is 0 Å². The Morgan fingerprint density at radius 3 is 1.58 bits per heavy atom. The molecular formula is C50H38N4O. The zero-order valence-electron chi connectivity index (χ0n) is 30.5. The van der Waals surface area contributed by atoms with Crippen molar-refractivity contribution in [3.8, 4) is 62.5 Å². The Hall–Kier alpha value is -6.38. The average molecular weight is 711 g/mol. The van der Waals surface area contributed by atoms with Gasteiger partial charge >= 0.3 is 0 Å². The van der Waals surface area contributed by atoms with E-state index >= 15 is 0 Å². The van der Waals surface area contributed by atoms with E-state index in [9.17, 15) is 5.26 Å². The van der Waals surface area contributed by atoms with Crippen molar-refractivity contribution in [2.45, 2.75) is 43.9 Å². The van der Waals surface area contributed by atoms with Gasteiger partial charge in [-0.15, -0.1) is 0 Å². The highest BCUT2D eigenvalue weighted by molar-refractivity contribution is 6.13. The monoisotopic (exact) mass is 710 g/mol. The SMILES string of the molecule is N#Cc1ccc(-c2ccc(-c3nc(-c4ccc(-c5ccccc5)cc4)nc(-c4ccc(C56C[C@H]7C[C@H](C5)C[C@@H](C6)C7)cc4)n3)cc2)c2c1oc1ccccc12. The molecule has 4 bridgehead atoms. The fraction of sp³-hybridized carbons (Fsp3) is 0.200. The lowest BCUT2D eigenvalue weighted by Gasteiger charge is -2.57. The van der Waals surface area contributed by atoms with Crippen LogP contribution in [0.1, 0.15) is 49.7 Å². The van der Waals surface area contributed by atoms with E-state index < -0.39 is 0 Å².